The Bertz CT molecular complexity index is 973. The topological polar surface area (TPSA) is 93.0 Å². The van der Waals surface area contributed by atoms with Crippen molar-refractivity contribution in [3.8, 4) is 0 Å². The summed E-state index contributed by atoms with van der Waals surface area (Å²) in [6.07, 6.45) is 0.941. The van der Waals surface area contributed by atoms with Crippen LogP contribution in [0.3, 0.4) is 0 Å². The SMILES string of the molecule is CC1(C)C(=O)C(=C(O)c2ccc(Cl)c(CC3=NOCC3)c2Cl)C(=O)C(C)(C)C1=O. The Hall–Kier alpha value is -2.18. The minimum atomic E-state index is -1.45. The summed E-state index contributed by atoms with van der Waals surface area (Å²) in [6, 6.07) is 2.98. The molecule has 8 heteroatoms. The van der Waals surface area contributed by atoms with Crippen LogP contribution in [-0.4, -0.2) is 34.8 Å². The van der Waals surface area contributed by atoms with E-state index in [2.05, 4.69) is 5.16 Å². The highest BCUT2D eigenvalue weighted by Crippen LogP contribution is 2.43. The van der Waals surface area contributed by atoms with E-state index in [0.29, 0.717) is 30.0 Å². The lowest BCUT2D eigenvalue weighted by atomic mass is 9.60. The molecular weight excluding hydrogens is 417 g/mol. The number of halogens is 2. The Morgan fingerprint density at radius 3 is 2.21 bits per heavy atom. The number of ketones is 3. The lowest BCUT2D eigenvalue weighted by Crippen LogP contribution is -2.54. The van der Waals surface area contributed by atoms with Gasteiger partial charge in [0.05, 0.1) is 21.6 Å². The van der Waals surface area contributed by atoms with Crippen LogP contribution in [0.15, 0.2) is 22.9 Å². The predicted octanol–water partition coefficient (Wildman–Crippen LogP) is 4.35. The zero-order valence-corrected chi connectivity index (χ0v) is 18.1. The number of aliphatic hydroxyl groups excluding tert-OH is 1. The Labute approximate surface area is 178 Å². The minimum absolute atomic E-state index is 0.100. The van der Waals surface area contributed by atoms with E-state index >= 15 is 0 Å². The van der Waals surface area contributed by atoms with Crippen LogP contribution in [0.4, 0.5) is 0 Å². The first-order valence-electron chi connectivity index (χ1n) is 9.13. The van der Waals surface area contributed by atoms with Crippen LogP contribution < -0.4 is 0 Å². The Balaban J connectivity index is 2.17. The molecule has 1 aliphatic heterocycles. The first kappa shape index (κ1) is 21.5. The van der Waals surface area contributed by atoms with Crippen molar-refractivity contribution in [1.29, 1.82) is 0 Å². The average molecular weight is 438 g/mol. The third-order valence-electron chi connectivity index (χ3n) is 5.46. The van der Waals surface area contributed by atoms with Crippen LogP contribution in [0.2, 0.25) is 10.0 Å². The van der Waals surface area contributed by atoms with Gasteiger partial charge in [-0.3, -0.25) is 14.4 Å². The number of aliphatic hydroxyl groups is 1. The molecule has 0 bridgehead atoms. The molecule has 29 heavy (non-hydrogen) atoms. The van der Waals surface area contributed by atoms with E-state index in [1.54, 1.807) is 0 Å². The fourth-order valence-corrected chi connectivity index (χ4v) is 4.27. The quantitative estimate of drug-likeness (QED) is 0.328. The van der Waals surface area contributed by atoms with Crippen molar-refractivity contribution >= 4 is 52.0 Å². The van der Waals surface area contributed by atoms with E-state index in [1.165, 1.54) is 39.8 Å². The van der Waals surface area contributed by atoms with E-state index in [1.807, 2.05) is 0 Å². The first-order chi connectivity index (χ1) is 13.4. The highest BCUT2D eigenvalue weighted by atomic mass is 35.5. The van der Waals surface area contributed by atoms with Gasteiger partial charge in [-0.25, -0.2) is 0 Å². The van der Waals surface area contributed by atoms with Gasteiger partial charge in [0, 0.05) is 23.4 Å². The molecule has 0 radical (unpaired) electrons. The van der Waals surface area contributed by atoms with Crippen molar-refractivity contribution in [2.75, 3.05) is 6.61 Å². The molecule has 0 amide bonds. The number of allylic oxidation sites excluding steroid dienone is 1. The van der Waals surface area contributed by atoms with Crippen molar-refractivity contribution in [2.45, 2.75) is 40.5 Å². The van der Waals surface area contributed by atoms with Crippen molar-refractivity contribution < 1.29 is 24.3 Å². The number of carbonyl (C=O) groups is 3. The summed E-state index contributed by atoms with van der Waals surface area (Å²) in [4.78, 5) is 43.5. The van der Waals surface area contributed by atoms with Gasteiger partial charge in [0.2, 0.25) is 0 Å². The molecule has 2 aliphatic rings. The summed E-state index contributed by atoms with van der Waals surface area (Å²) in [6.45, 7) is 6.28. The maximum Gasteiger partial charge on any atom is 0.183 e. The zero-order chi connectivity index (χ0) is 21.7. The second-order valence-corrected chi connectivity index (χ2v) is 9.05. The second kappa shape index (κ2) is 7.26. The Morgan fingerprint density at radius 2 is 1.69 bits per heavy atom. The number of oxime groups is 1. The zero-order valence-electron chi connectivity index (χ0n) is 16.6. The Morgan fingerprint density at radius 1 is 1.10 bits per heavy atom. The van der Waals surface area contributed by atoms with E-state index < -0.39 is 39.5 Å². The number of rotatable bonds is 3. The fraction of sp³-hybridized carbons (Fsp3) is 0.429. The molecule has 0 unspecified atom stereocenters. The van der Waals surface area contributed by atoms with Gasteiger partial charge in [0.25, 0.3) is 0 Å². The third kappa shape index (κ3) is 3.38. The number of carbonyl (C=O) groups excluding carboxylic acids is 3. The lowest BCUT2D eigenvalue weighted by molar-refractivity contribution is -0.151. The summed E-state index contributed by atoms with van der Waals surface area (Å²) in [5, 5.41) is 15.3. The van der Waals surface area contributed by atoms with Gasteiger partial charge in [-0.1, -0.05) is 28.4 Å². The largest absolute Gasteiger partial charge is 0.506 e. The van der Waals surface area contributed by atoms with Gasteiger partial charge in [-0.05, 0) is 45.4 Å². The molecule has 0 aromatic heterocycles. The molecule has 1 N–H and O–H groups in total. The van der Waals surface area contributed by atoms with Gasteiger partial charge >= 0.3 is 0 Å². The van der Waals surface area contributed by atoms with Crippen molar-refractivity contribution in [1.82, 2.24) is 0 Å². The van der Waals surface area contributed by atoms with Crippen LogP contribution in [0, 0.1) is 10.8 Å². The molecule has 1 aliphatic carbocycles. The average Bonchev–Trinajstić information content (AvgIpc) is 3.16. The molecule has 1 saturated carbocycles. The molecule has 1 heterocycles. The summed E-state index contributed by atoms with van der Waals surface area (Å²) >= 11 is 12.8. The van der Waals surface area contributed by atoms with Gasteiger partial charge in [0.1, 0.15) is 17.9 Å². The standard InChI is InChI=1S/C21H21Cl2NO5/c1-20(2)17(26)14(18(27)21(3,4)19(20)28)16(25)11-5-6-13(22)12(15(11)23)9-10-7-8-29-24-10/h5-6,25H,7-9H2,1-4H3. The monoisotopic (exact) mass is 437 g/mol. The molecule has 154 valence electrons. The van der Waals surface area contributed by atoms with Crippen molar-refractivity contribution in [3.05, 3.63) is 38.9 Å². The minimum Gasteiger partial charge on any atom is -0.506 e. The van der Waals surface area contributed by atoms with Gasteiger partial charge in [-0.2, -0.15) is 0 Å². The molecule has 0 atom stereocenters. The summed E-state index contributed by atoms with van der Waals surface area (Å²) in [5.41, 5.74) is -1.96. The van der Waals surface area contributed by atoms with E-state index in [-0.39, 0.29) is 10.6 Å². The highest BCUT2D eigenvalue weighted by Gasteiger charge is 2.56. The summed E-state index contributed by atoms with van der Waals surface area (Å²) in [5.74, 6) is -2.50. The van der Waals surface area contributed by atoms with Crippen LogP contribution in [-0.2, 0) is 25.6 Å². The van der Waals surface area contributed by atoms with Crippen LogP contribution in [0.1, 0.15) is 45.2 Å². The molecular formula is C21H21Cl2NO5. The lowest BCUT2D eigenvalue weighted by Gasteiger charge is -2.37. The predicted molar refractivity (Wildman–Crippen MR) is 110 cm³/mol. The molecule has 1 fully saturated rings. The number of hydrogen-bond acceptors (Lipinski definition) is 6. The van der Waals surface area contributed by atoms with Crippen LogP contribution in [0.25, 0.3) is 5.76 Å². The van der Waals surface area contributed by atoms with E-state index in [0.717, 1.165) is 5.71 Å². The number of hydrogen-bond donors (Lipinski definition) is 1. The number of benzene rings is 1. The van der Waals surface area contributed by atoms with E-state index in [4.69, 9.17) is 28.0 Å². The molecule has 1 aromatic carbocycles. The third-order valence-corrected chi connectivity index (χ3v) is 6.24. The Kier molecular flexibility index (Phi) is 5.39. The van der Waals surface area contributed by atoms with Gasteiger partial charge < -0.3 is 9.94 Å². The molecule has 0 spiro atoms. The fourth-order valence-electron chi connectivity index (χ4n) is 3.68. The van der Waals surface area contributed by atoms with Crippen molar-refractivity contribution in [2.24, 2.45) is 16.0 Å². The maximum atomic E-state index is 12.9. The highest BCUT2D eigenvalue weighted by molar-refractivity contribution is 6.41. The normalized spacial score (nSPS) is 20.6. The smallest absolute Gasteiger partial charge is 0.183 e. The molecule has 3 rings (SSSR count). The van der Waals surface area contributed by atoms with Crippen LogP contribution in [0.5, 0.6) is 0 Å². The first-order valence-corrected chi connectivity index (χ1v) is 9.89. The second-order valence-electron chi connectivity index (χ2n) is 8.27. The van der Waals surface area contributed by atoms with Gasteiger partial charge in [0.15, 0.2) is 17.3 Å². The molecule has 6 nitrogen and oxygen atoms in total. The molecule has 0 saturated heterocycles. The van der Waals surface area contributed by atoms with Gasteiger partial charge in [-0.15, -0.1) is 0 Å². The maximum absolute atomic E-state index is 12.9. The number of nitrogens with zero attached hydrogens (tertiary/aromatic N) is 1. The summed E-state index contributed by atoms with van der Waals surface area (Å²) in [7, 11) is 0. The van der Waals surface area contributed by atoms with E-state index in [9.17, 15) is 19.5 Å². The summed E-state index contributed by atoms with van der Waals surface area (Å²) < 4.78 is 0. The number of Topliss-reactive ketones (excluding diaryl/α,β-unsaturated/α-hetero) is 3. The molecule has 1 aromatic rings. The van der Waals surface area contributed by atoms with Crippen LogP contribution >= 0.6 is 23.2 Å². The van der Waals surface area contributed by atoms with Crippen molar-refractivity contribution in [3.63, 3.8) is 0 Å².